The lowest BCUT2D eigenvalue weighted by molar-refractivity contribution is -0.142. The van der Waals surface area contributed by atoms with Gasteiger partial charge in [-0.15, -0.1) is 0 Å². The zero-order valence-corrected chi connectivity index (χ0v) is 16.5. The van der Waals surface area contributed by atoms with E-state index in [1.807, 2.05) is 26.0 Å². The monoisotopic (exact) mass is 397 g/mol. The second-order valence-electron chi connectivity index (χ2n) is 7.38. The van der Waals surface area contributed by atoms with Crippen molar-refractivity contribution in [1.29, 1.82) is 0 Å². The lowest BCUT2D eigenvalue weighted by Gasteiger charge is -2.17. The van der Waals surface area contributed by atoms with Crippen molar-refractivity contribution >= 4 is 33.6 Å². The molecule has 0 aliphatic rings. The zero-order chi connectivity index (χ0) is 21.1. The predicted molar refractivity (Wildman–Crippen MR) is 109 cm³/mol. The summed E-state index contributed by atoms with van der Waals surface area (Å²) in [5.74, 6) is -1.10. The van der Waals surface area contributed by atoms with Crippen LogP contribution in [0, 0.1) is 12.8 Å². The van der Waals surface area contributed by atoms with Crippen molar-refractivity contribution in [3.8, 4) is 5.75 Å². The average Bonchev–Trinajstić information content (AvgIpc) is 2.67. The smallest absolute Gasteiger partial charge is 0.344 e. The minimum atomic E-state index is -1.08. The van der Waals surface area contributed by atoms with Crippen LogP contribution < -0.4 is 15.7 Å². The number of hydrogen-bond acceptors (Lipinski definition) is 5. The Morgan fingerprint density at radius 2 is 1.79 bits per heavy atom. The fourth-order valence-corrected chi connectivity index (χ4v) is 3.29. The van der Waals surface area contributed by atoms with Gasteiger partial charge in [0.15, 0.2) is 6.61 Å². The summed E-state index contributed by atoms with van der Waals surface area (Å²) < 4.78 is 11.1. The summed E-state index contributed by atoms with van der Waals surface area (Å²) in [7, 11) is 0. The third-order valence-electron chi connectivity index (χ3n) is 4.69. The number of carboxylic acids is 1. The molecular formula is C22H23NO6. The highest BCUT2D eigenvalue weighted by molar-refractivity contribution is 6.05. The molecule has 0 bridgehead atoms. The van der Waals surface area contributed by atoms with E-state index in [4.69, 9.17) is 9.15 Å². The number of nitrogens with one attached hydrogen (secondary N) is 1. The van der Waals surface area contributed by atoms with Gasteiger partial charge in [0.05, 0.1) is 5.39 Å². The molecule has 0 aliphatic carbocycles. The molecule has 0 aliphatic heterocycles. The number of amides is 1. The third-order valence-corrected chi connectivity index (χ3v) is 4.69. The van der Waals surface area contributed by atoms with Crippen LogP contribution in [0.3, 0.4) is 0 Å². The molecule has 0 saturated carbocycles. The van der Waals surface area contributed by atoms with Gasteiger partial charge in [-0.1, -0.05) is 32.0 Å². The number of rotatable bonds is 7. The highest BCUT2D eigenvalue weighted by Gasteiger charge is 2.21. The van der Waals surface area contributed by atoms with Gasteiger partial charge in [0.1, 0.15) is 17.4 Å². The van der Waals surface area contributed by atoms with Crippen LogP contribution in [0.1, 0.15) is 25.8 Å². The van der Waals surface area contributed by atoms with Gasteiger partial charge in [0, 0.05) is 10.9 Å². The Hall–Kier alpha value is -3.35. The zero-order valence-electron chi connectivity index (χ0n) is 16.5. The van der Waals surface area contributed by atoms with E-state index in [0.717, 1.165) is 10.8 Å². The van der Waals surface area contributed by atoms with Crippen LogP contribution in [0.25, 0.3) is 21.7 Å². The molecule has 152 valence electrons. The van der Waals surface area contributed by atoms with Gasteiger partial charge in [0.2, 0.25) is 0 Å². The number of aliphatic carboxylic acids is 1. The van der Waals surface area contributed by atoms with Crippen LogP contribution in [-0.4, -0.2) is 29.6 Å². The maximum Gasteiger partial charge on any atom is 0.344 e. The summed E-state index contributed by atoms with van der Waals surface area (Å²) >= 11 is 0. The SMILES string of the molecule is Cc1c(OCC(=O)N[C@@H](CC(C)C)C(=O)O)ccc2c1oc(=O)c1ccccc12. The van der Waals surface area contributed by atoms with E-state index in [0.29, 0.717) is 28.7 Å². The standard InChI is InChI=1S/C22H23NO6/c1-12(2)10-17(21(25)26)23-19(24)11-28-18-9-8-15-14-6-4-5-7-16(14)22(27)29-20(15)13(18)3/h4-9,12,17H,10-11H2,1-3H3,(H,23,24)(H,25,26)/t17-/m0/s1. The molecule has 7 nitrogen and oxygen atoms in total. The topological polar surface area (TPSA) is 106 Å². The molecule has 3 aromatic rings. The number of carbonyl (C=O) groups excluding carboxylic acids is 1. The van der Waals surface area contributed by atoms with Gasteiger partial charge in [-0.3, -0.25) is 4.79 Å². The number of carbonyl (C=O) groups is 2. The lowest BCUT2D eigenvalue weighted by atomic mass is 10.0. The number of fused-ring (bicyclic) bond motifs is 3. The van der Waals surface area contributed by atoms with Crippen LogP contribution in [-0.2, 0) is 9.59 Å². The number of aryl methyl sites for hydroxylation is 1. The maximum atomic E-state index is 12.3. The minimum Gasteiger partial charge on any atom is -0.483 e. The normalized spacial score (nSPS) is 12.3. The summed E-state index contributed by atoms with van der Waals surface area (Å²) in [6, 6.07) is 9.70. The molecule has 1 aromatic heterocycles. The van der Waals surface area contributed by atoms with Gasteiger partial charge >= 0.3 is 11.6 Å². The van der Waals surface area contributed by atoms with Crippen LogP contribution in [0.15, 0.2) is 45.6 Å². The molecule has 1 amide bonds. The Bertz CT molecular complexity index is 1130. The first-order chi connectivity index (χ1) is 13.8. The first kappa shape index (κ1) is 20.4. The fraction of sp³-hybridized carbons (Fsp3) is 0.318. The Balaban J connectivity index is 1.81. The lowest BCUT2D eigenvalue weighted by Crippen LogP contribution is -2.43. The summed E-state index contributed by atoms with van der Waals surface area (Å²) in [5, 5.41) is 13.8. The van der Waals surface area contributed by atoms with E-state index < -0.39 is 23.5 Å². The third kappa shape index (κ3) is 4.39. The van der Waals surface area contributed by atoms with Gasteiger partial charge in [-0.05, 0) is 42.8 Å². The molecule has 29 heavy (non-hydrogen) atoms. The predicted octanol–water partition coefficient (Wildman–Crippen LogP) is 3.25. The second-order valence-corrected chi connectivity index (χ2v) is 7.38. The van der Waals surface area contributed by atoms with Gasteiger partial charge in [0.25, 0.3) is 5.91 Å². The molecule has 0 fully saturated rings. The summed E-state index contributed by atoms with van der Waals surface area (Å²) in [6.45, 7) is 5.17. The summed E-state index contributed by atoms with van der Waals surface area (Å²) in [4.78, 5) is 35.7. The van der Waals surface area contributed by atoms with Crippen molar-refractivity contribution in [2.75, 3.05) is 6.61 Å². The average molecular weight is 397 g/mol. The number of hydrogen-bond donors (Lipinski definition) is 2. The molecule has 1 atom stereocenters. The van der Waals surface area contributed by atoms with E-state index in [-0.39, 0.29) is 12.5 Å². The molecule has 2 N–H and O–H groups in total. The Morgan fingerprint density at radius 1 is 1.10 bits per heavy atom. The van der Waals surface area contributed by atoms with E-state index in [2.05, 4.69) is 5.32 Å². The van der Waals surface area contributed by atoms with E-state index >= 15 is 0 Å². The molecule has 0 spiro atoms. The summed E-state index contributed by atoms with van der Waals surface area (Å²) in [5.41, 5.74) is 0.550. The summed E-state index contributed by atoms with van der Waals surface area (Å²) in [6.07, 6.45) is 0.328. The van der Waals surface area contributed by atoms with E-state index in [1.165, 1.54) is 0 Å². The van der Waals surface area contributed by atoms with E-state index in [1.54, 1.807) is 31.2 Å². The van der Waals surface area contributed by atoms with Crippen molar-refractivity contribution in [2.45, 2.75) is 33.2 Å². The quantitative estimate of drug-likeness (QED) is 0.468. The van der Waals surface area contributed by atoms with Crippen LogP contribution in [0.4, 0.5) is 0 Å². The molecule has 0 radical (unpaired) electrons. The molecular weight excluding hydrogens is 374 g/mol. The van der Waals surface area contributed by atoms with Crippen LogP contribution in [0.5, 0.6) is 5.75 Å². The fourth-order valence-electron chi connectivity index (χ4n) is 3.29. The number of benzene rings is 2. The van der Waals surface area contributed by atoms with Crippen LogP contribution in [0.2, 0.25) is 0 Å². The number of carboxylic acid groups (broad SMARTS) is 1. The van der Waals surface area contributed by atoms with Crippen molar-refractivity contribution in [3.05, 3.63) is 52.4 Å². The molecule has 1 heterocycles. The Morgan fingerprint density at radius 3 is 2.45 bits per heavy atom. The first-order valence-electron chi connectivity index (χ1n) is 9.38. The number of ether oxygens (including phenoxy) is 1. The first-order valence-corrected chi connectivity index (χ1v) is 9.38. The Labute approximate surface area is 167 Å². The second kappa shape index (κ2) is 8.34. The van der Waals surface area contributed by atoms with Gasteiger partial charge in [-0.25, -0.2) is 9.59 Å². The van der Waals surface area contributed by atoms with Crippen LogP contribution >= 0.6 is 0 Å². The molecule has 3 rings (SSSR count). The van der Waals surface area contributed by atoms with E-state index in [9.17, 15) is 19.5 Å². The van der Waals surface area contributed by atoms with Gasteiger partial charge < -0.3 is 19.6 Å². The molecule has 0 unspecified atom stereocenters. The Kier molecular flexibility index (Phi) is 5.87. The highest BCUT2D eigenvalue weighted by atomic mass is 16.5. The molecule has 7 heteroatoms. The van der Waals surface area contributed by atoms with Crippen molar-refractivity contribution in [3.63, 3.8) is 0 Å². The van der Waals surface area contributed by atoms with Crippen molar-refractivity contribution < 1.29 is 23.8 Å². The van der Waals surface area contributed by atoms with Gasteiger partial charge in [-0.2, -0.15) is 0 Å². The van der Waals surface area contributed by atoms with Crippen molar-refractivity contribution in [2.24, 2.45) is 5.92 Å². The molecule has 2 aromatic carbocycles. The largest absolute Gasteiger partial charge is 0.483 e. The molecule has 0 saturated heterocycles. The van der Waals surface area contributed by atoms with Crippen molar-refractivity contribution in [1.82, 2.24) is 5.32 Å². The minimum absolute atomic E-state index is 0.123. The highest BCUT2D eigenvalue weighted by Crippen LogP contribution is 2.30. The maximum absolute atomic E-state index is 12.3.